The molecule has 3 aromatic rings. The van der Waals surface area contributed by atoms with E-state index in [4.69, 9.17) is 0 Å². The molecule has 0 N–H and O–H groups in total. The van der Waals surface area contributed by atoms with Gasteiger partial charge in [-0.1, -0.05) is 41.7 Å². The van der Waals surface area contributed by atoms with Crippen molar-refractivity contribution < 1.29 is 4.79 Å². The lowest BCUT2D eigenvalue weighted by Gasteiger charge is -2.02. The van der Waals surface area contributed by atoms with Gasteiger partial charge in [-0.25, -0.2) is 0 Å². The number of thiazole rings is 1. The lowest BCUT2D eigenvalue weighted by Crippen LogP contribution is -2.14. The van der Waals surface area contributed by atoms with Gasteiger partial charge in [-0.05, 0) is 43.5 Å². The number of rotatable bonds is 1. The standard InChI is InChI=1S/C18H18N2OS/c1-11-7-5-6-8-14(11)17(21)19-18-20(4)15-12(2)9-10-13(3)16(15)22-18/h5-10H,1-4H3. The average molecular weight is 310 g/mol. The third-order valence-corrected chi connectivity index (χ3v) is 5.19. The van der Waals surface area contributed by atoms with E-state index in [1.165, 1.54) is 15.8 Å². The van der Waals surface area contributed by atoms with Gasteiger partial charge in [-0.3, -0.25) is 4.79 Å². The zero-order valence-corrected chi connectivity index (χ0v) is 14.0. The second kappa shape index (κ2) is 5.54. The quantitative estimate of drug-likeness (QED) is 0.671. The zero-order valence-electron chi connectivity index (χ0n) is 13.2. The van der Waals surface area contributed by atoms with Crippen LogP contribution < -0.4 is 4.80 Å². The summed E-state index contributed by atoms with van der Waals surface area (Å²) in [6.07, 6.45) is 0. The smallest absolute Gasteiger partial charge is 0.279 e. The molecule has 4 heteroatoms. The molecule has 1 heterocycles. The summed E-state index contributed by atoms with van der Waals surface area (Å²) >= 11 is 1.57. The molecule has 0 aliphatic heterocycles. The molecule has 0 atom stereocenters. The third-order valence-electron chi connectivity index (χ3n) is 3.92. The highest BCUT2D eigenvalue weighted by atomic mass is 32.1. The summed E-state index contributed by atoms with van der Waals surface area (Å²) in [4.78, 5) is 17.5. The van der Waals surface area contributed by atoms with Crippen molar-refractivity contribution in [1.29, 1.82) is 0 Å². The molecular weight excluding hydrogens is 292 g/mol. The molecular formula is C18H18N2OS. The maximum Gasteiger partial charge on any atom is 0.279 e. The minimum atomic E-state index is -0.185. The fourth-order valence-corrected chi connectivity index (χ4v) is 3.79. The van der Waals surface area contributed by atoms with E-state index < -0.39 is 0 Å². The average Bonchev–Trinajstić information content (AvgIpc) is 2.82. The van der Waals surface area contributed by atoms with Crippen LogP contribution in [0.2, 0.25) is 0 Å². The van der Waals surface area contributed by atoms with Crippen molar-refractivity contribution in [3.63, 3.8) is 0 Å². The molecule has 0 bridgehead atoms. The van der Waals surface area contributed by atoms with Gasteiger partial charge in [-0.2, -0.15) is 4.99 Å². The number of benzene rings is 2. The summed E-state index contributed by atoms with van der Waals surface area (Å²) in [5.74, 6) is -0.185. The largest absolute Gasteiger partial charge is 0.319 e. The molecule has 0 unspecified atom stereocenters. The number of hydrogen-bond acceptors (Lipinski definition) is 2. The molecule has 0 radical (unpaired) electrons. The van der Waals surface area contributed by atoms with Crippen LogP contribution in [0.15, 0.2) is 41.4 Å². The number of fused-ring (bicyclic) bond motifs is 1. The highest BCUT2D eigenvalue weighted by molar-refractivity contribution is 7.16. The first-order valence-corrected chi connectivity index (χ1v) is 8.01. The lowest BCUT2D eigenvalue weighted by molar-refractivity contribution is 0.0997. The second-order valence-electron chi connectivity index (χ2n) is 5.55. The fourth-order valence-electron chi connectivity index (χ4n) is 2.63. The number of carbonyl (C=O) groups excluding carboxylic acids is 1. The van der Waals surface area contributed by atoms with Gasteiger partial charge < -0.3 is 4.57 Å². The molecule has 3 nitrogen and oxygen atoms in total. The zero-order chi connectivity index (χ0) is 15.9. The molecule has 1 amide bonds. The number of aryl methyl sites for hydroxylation is 4. The summed E-state index contributed by atoms with van der Waals surface area (Å²) in [7, 11) is 1.97. The van der Waals surface area contributed by atoms with Crippen molar-refractivity contribution in [3.8, 4) is 0 Å². The van der Waals surface area contributed by atoms with E-state index in [0.717, 1.165) is 15.9 Å². The molecule has 2 aromatic carbocycles. The summed E-state index contributed by atoms with van der Waals surface area (Å²) in [5.41, 5.74) is 5.18. The van der Waals surface area contributed by atoms with Gasteiger partial charge in [0.05, 0.1) is 10.2 Å². The van der Waals surface area contributed by atoms with Crippen LogP contribution in [0.5, 0.6) is 0 Å². The van der Waals surface area contributed by atoms with Crippen molar-refractivity contribution in [2.45, 2.75) is 20.8 Å². The molecule has 112 valence electrons. The van der Waals surface area contributed by atoms with E-state index in [2.05, 4.69) is 31.0 Å². The van der Waals surface area contributed by atoms with E-state index in [-0.39, 0.29) is 5.91 Å². The Morgan fingerprint density at radius 2 is 1.68 bits per heavy atom. The topological polar surface area (TPSA) is 34.4 Å². The van der Waals surface area contributed by atoms with Crippen molar-refractivity contribution in [3.05, 3.63) is 63.5 Å². The van der Waals surface area contributed by atoms with Gasteiger partial charge in [0.25, 0.3) is 5.91 Å². The SMILES string of the molecule is Cc1ccccc1C(=O)N=c1sc2c(C)ccc(C)c2n1C. The van der Waals surface area contributed by atoms with E-state index in [1.807, 2.05) is 42.8 Å². The summed E-state index contributed by atoms with van der Waals surface area (Å²) in [5, 5.41) is 0. The van der Waals surface area contributed by atoms with Crippen LogP contribution >= 0.6 is 11.3 Å². The van der Waals surface area contributed by atoms with Crippen molar-refractivity contribution >= 4 is 27.5 Å². The number of nitrogens with zero attached hydrogens (tertiary/aromatic N) is 2. The summed E-state index contributed by atoms with van der Waals surface area (Å²) in [6.45, 7) is 6.11. The Morgan fingerprint density at radius 3 is 2.36 bits per heavy atom. The van der Waals surface area contributed by atoms with Gasteiger partial charge in [0.1, 0.15) is 0 Å². The number of aromatic nitrogens is 1. The van der Waals surface area contributed by atoms with Crippen LogP contribution in [0.1, 0.15) is 27.0 Å². The number of amides is 1. The van der Waals surface area contributed by atoms with Gasteiger partial charge in [0.2, 0.25) is 0 Å². The third kappa shape index (κ3) is 2.40. The van der Waals surface area contributed by atoms with E-state index >= 15 is 0 Å². The predicted molar refractivity (Wildman–Crippen MR) is 91.3 cm³/mol. The van der Waals surface area contributed by atoms with Gasteiger partial charge >= 0.3 is 0 Å². The normalized spacial score (nSPS) is 12.1. The first kappa shape index (κ1) is 14.7. The van der Waals surface area contributed by atoms with E-state index in [0.29, 0.717) is 5.56 Å². The minimum absolute atomic E-state index is 0.185. The molecule has 0 saturated carbocycles. The molecule has 0 aliphatic rings. The van der Waals surface area contributed by atoms with Crippen molar-refractivity contribution in [1.82, 2.24) is 4.57 Å². The van der Waals surface area contributed by atoms with Crippen LogP contribution in [0.3, 0.4) is 0 Å². The number of hydrogen-bond donors (Lipinski definition) is 0. The van der Waals surface area contributed by atoms with E-state index in [1.54, 1.807) is 11.3 Å². The molecule has 1 aromatic heterocycles. The molecule has 22 heavy (non-hydrogen) atoms. The Morgan fingerprint density at radius 1 is 1.00 bits per heavy atom. The monoisotopic (exact) mass is 310 g/mol. The van der Waals surface area contributed by atoms with Crippen LogP contribution in [0.4, 0.5) is 0 Å². The van der Waals surface area contributed by atoms with Crippen molar-refractivity contribution in [2.24, 2.45) is 12.0 Å². The first-order valence-electron chi connectivity index (χ1n) is 7.19. The molecule has 0 fully saturated rings. The Hall–Kier alpha value is -2.20. The highest BCUT2D eigenvalue weighted by Crippen LogP contribution is 2.24. The van der Waals surface area contributed by atoms with Crippen LogP contribution in [0, 0.1) is 20.8 Å². The predicted octanol–water partition coefficient (Wildman–Crippen LogP) is 3.91. The second-order valence-corrected chi connectivity index (χ2v) is 6.53. The van der Waals surface area contributed by atoms with Gasteiger partial charge in [-0.15, -0.1) is 0 Å². The summed E-state index contributed by atoms with van der Waals surface area (Å²) in [6, 6.07) is 11.8. The molecule has 0 spiro atoms. The van der Waals surface area contributed by atoms with Gasteiger partial charge in [0.15, 0.2) is 4.80 Å². The van der Waals surface area contributed by atoms with Crippen LogP contribution in [0.25, 0.3) is 10.2 Å². The maximum absolute atomic E-state index is 12.5. The first-order chi connectivity index (χ1) is 10.5. The molecule has 3 rings (SSSR count). The molecule has 0 saturated heterocycles. The lowest BCUT2D eigenvalue weighted by atomic mass is 10.1. The van der Waals surface area contributed by atoms with E-state index in [9.17, 15) is 4.79 Å². The van der Waals surface area contributed by atoms with Gasteiger partial charge in [0, 0.05) is 12.6 Å². The van der Waals surface area contributed by atoms with Crippen LogP contribution in [-0.2, 0) is 7.05 Å². The Kier molecular flexibility index (Phi) is 3.71. The maximum atomic E-state index is 12.5. The fraction of sp³-hybridized carbons (Fsp3) is 0.222. The molecule has 0 aliphatic carbocycles. The summed E-state index contributed by atoms with van der Waals surface area (Å²) < 4.78 is 3.21. The van der Waals surface area contributed by atoms with Crippen molar-refractivity contribution in [2.75, 3.05) is 0 Å². The minimum Gasteiger partial charge on any atom is -0.319 e. The number of carbonyl (C=O) groups is 1. The Balaban J connectivity index is 2.21. The Labute approximate surface area is 133 Å². The highest BCUT2D eigenvalue weighted by Gasteiger charge is 2.11. The van der Waals surface area contributed by atoms with Crippen LogP contribution in [-0.4, -0.2) is 10.5 Å². The Bertz CT molecular complexity index is 947.